The molecule has 1 aliphatic heterocycles. The Bertz CT molecular complexity index is 561. The molecule has 2 heterocycles. The Kier molecular flexibility index (Phi) is 7.26. The van der Waals surface area contributed by atoms with Gasteiger partial charge in [-0.25, -0.2) is 0 Å². The molecule has 3 rings (SSSR count). The minimum atomic E-state index is 0. The summed E-state index contributed by atoms with van der Waals surface area (Å²) >= 11 is 0. The van der Waals surface area contributed by atoms with Gasteiger partial charge >= 0.3 is 0 Å². The van der Waals surface area contributed by atoms with E-state index in [2.05, 4.69) is 46.0 Å². The standard InChI is InChI=1S/C16H21N3.2ClH/c1-2-3-16(19-10-8-17-9-11-19)14-5-4-13-6-7-18-15(13)12-14;;/h2,4-7,12,16-18H,1,3,8-11H2;2*1H/t16-;;/m0../s1. The third-order valence-electron chi connectivity index (χ3n) is 3.95. The van der Waals surface area contributed by atoms with Crippen LogP contribution in [0.1, 0.15) is 18.0 Å². The van der Waals surface area contributed by atoms with E-state index in [1.165, 1.54) is 16.5 Å². The zero-order valence-corrected chi connectivity index (χ0v) is 13.7. The van der Waals surface area contributed by atoms with E-state index in [9.17, 15) is 0 Å². The van der Waals surface area contributed by atoms with E-state index in [0.29, 0.717) is 6.04 Å². The third-order valence-corrected chi connectivity index (χ3v) is 3.95. The van der Waals surface area contributed by atoms with Crippen LogP contribution in [0.25, 0.3) is 10.9 Å². The number of nitrogens with zero attached hydrogens (tertiary/aromatic N) is 1. The summed E-state index contributed by atoms with van der Waals surface area (Å²) in [6.07, 6.45) is 5.04. The van der Waals surface area contributed by atoms with Crippen molar-refractivity contribution in [3.05, 3.63) is 48.7 Å². The molecule has 5 heteroatoms. The molecule has 1 saturated heterocycles. The molecule has 1 aliphatic rings. The number of fused-ring (bicyclic) bond motifs is 1. The first-order valence-corrected chi connectivity index (χ1v) is 7.01. The van der Waals surface area contributed by atoms with Crippen molar-refractivity contribution < 1.29 is 0 Å². The molecule has 3 nitrogen and oxygen atoms in total. The van der Waals surface area contributed by atoms with Crippen LogP contribution in [0.4, 0.5) is 0 Å². The van der Waals surface area contributed by atoms with E-state index in [4.69, 9.17) is 0 Å². The van der Waals surface area contributed by atoms with E-state index in [-0.39, 0.29) is 24.8 Å². The second-order valence-electron chi connectivity index (χ2n) is 5.15. The van der Waals surface area contributed by atoms with Crippen LogP contribution in [-0.2, 0) is 0 Å². The Hall–Kier alpha value is -1.00. The highest BCUT2D eigenvalue weighted by Crippen LogP contribution is 2.27. The van der Waals surface area contributed by atoms with Crippen molar-refractivity contribution in [3.63, 3.8) is 0 Å². The topological polar surface area (TPSA) is 31.1 Å². The maximum absolute atomic E-state index is 3.92. The lowest BCUT2D eigenvalue weighted by atomic mass is 10.00. The maximum atomic E-state index is 3.92. The number of rotatable bonds is 4. The number of hydrogen-bond acceptors (Lipinski definition) is 2. The smallest absolute Gasteiger partial charge is 0.0457 e. The average molecular weight is 328 g/mol. The van der Waals surface area contributed by atoms with Gasteiger partial charge in [-0.15, -0.1) is 31.4 Å². The molecule has 0 saturated carbocycles. The largest absolute Gasteiger partial charge is 0.361 e. The number of aromatic amines is 1. The molecule has 1 atom stereocenters. The molecule has 116 valence electrons. The van der Waals surface area contributed by atoms with E-state index < -0.39 is 0 Å². The molecule has 2 aromatic rings. The Balaban J connectivity index is 0.00000110. The Labute approximate surface area is 138 Å². The highest BCUT2D eigenvalue weighted by atomic mass is 35.5. The summed E-state index contributed by atoms with van der Waals surface area (Å²) in [7, 11) is 0. The fraction of sp³-hybridized carbons (Fsp3) is 0.375. The number of aromatic nitrogens is 1. The summed E-state index contributed by atoms with van der Waals surface area (Å²) in [6, 6.07) is 9.32. The lowest BCUT2D eigenvalue weighted by Crippen LogP contribution is -2.45. The predicted molar refractivity (Wildman–Crippen MR) is 94.8 cm³/mol. The van der Waals surface area contributed by atoms with Gasteiger partial charge in [0, 0.05) is 43.9 Å². The summed E-state index contributed by atoms with van der Waals surface area (Å²) < 4.78 is 0. The molecule has 2 N–H and O–H groups in total. The molecule has 21 heavy (non-hydrogen) atoms. The molecule has 0 radical (unpaired) electrons. The summed E-state index contributed by atoms with van der Waals surface area (Å²) in [5.41, 5.74) is 2.61. The van der Waals surface area contributed by atoms with E-state index in [0.717, 1.165) is 32.6 Å². The Morgan fingerprint density at radius 3 is 2.67 bits per heavy atom. The molecule has 1 aromatic carbocycles. The summed E-state index contributed by atoms with van der Waals surface area (Å²) in [5, 5.41) is 4.69. The maximum Gasteiger partial charge on any atom is 0.0457 e. The van der Waals surface area contributed by atoms with Crippen molar-refractivity contribution in [3.8, 4) is 0 Å². The first-order valence-electron chi connectivity index (χ1n) is 7.01. The number of nitrogens with one attached hydrogen (secondary N) is 2. The van der Waals surface area contributed by atoms with Crippen molar-refractivity contribution in [2.24, 2.45) is 0 Å². The summed E-state index contributed by atoms with van der Waals surface area (Å²) in [6.45, 7) is 8.31. The normalized spacial score (nSPS) is 16.8. The minimum absolute atomic E-state index is 0. The molecule has 0 spiro atoms. The van der Waals surface area contributed by atoms with Gasteiger partial charge in [-0.3, -0.25) is 4.90 Å². The van der Waals surface area contributed by atoms with E-state index in [1.807, 2.05) is 12.3 Å². The van der Waals surface area contributed by atoms with Gasteiger partial charge in [0.2, 0.25) is 0 Å². The van der Waals surface area contributed by atoms with Crippen LogP contribution < -0.4 is 5.32 Å². The lowest BCUT2D eigenvalue weighted by Gasteiger charge is -2.34. The number of benzene rings is 1. The Morgan fingerprint density at radius 1 is 1.19 bits per heavy atom. The van der Waals surface area contributed by atoms with Gasteiger partial charge in [0.05, 0.1) is 0 Å². The molecule has 1 aromatic heterocycles. The first-order chi connectivity index (χ1) is 9.38. The van der Waals surface area contributed by atoms with Gasteiger partial charge in [-0.2, -0.15) is 0 Å². The van der Waals surface area contributed by atoms with E-state index >= 15 is 0 Å². The monoisotopic (exact) mass is 327 g/mol. The number of hydrogen-bond donors (Lipinski definition) is 2. The van der Waals surface area contributed by atoms with E-state index in [1.54, 1.807) is 0 Å². The fourth-order valence-corrected chi connectivity index (χ4v) is 2.92. The highest BCUT2D eigenvalue weighted by molar-refractivity contribution is 5.85. The second kappa shape index (κ2) is 8.44. The molecule has 0 aliphatic carbocycles. The molecular weight excluding hydrogens is 305 g/mol. The van der Waals surface area contributed by atoms with Crippen molar-refractivity contribution in [1.82, 2.24) is 15.2 Å². The van der Waals surface area contributed by atoms with Crippen LogP contribution in [0.5, 0.6) is 0 Å². The zero-order valence-electron chi connectivity index (χ0n) is 12.0. The molecule has 0 amide bonds. The number of halogens is 2. The average Bonchev–Trinajstić information content (AvgIpc) is 2.93. The molecule has 0 bridgehead atoms. The third kappa shape index (κ3) is 4.01. The SMILES string of the molecule is C=CC[C@@H](c1ccc2cc[nH]c2c1)N1CCNCC1.Cl.Cl. The number of piperazine rings is 1. The summed E-state index contributed by atoms with van der Waals surface area (Å²) in [4.78, 5) is 5.86. The molecule has 0 unspecified atom stereocenters. The highest BCUT2D eigenvalue weighted by Gasteiger charge is 2.21. The second-order valence-corrected chi connectivity index (χ2v) is 5.15. The van der Waals surface area contributed by atoms with Crippen LogP contribution in [0.2, 0.25) is 0 Å². The van der Waals surface area contributed by atoms with Crippen LogP contribution >= 0.6 is 24.8 Å². The molecule has 1 fully saturated rings. The van der Waals surface area contributed by atoms with Crippen LogP contribution in [0.15, 0.2) is 43.1 Å². The van der Waals surface area contributed by atoms with Gasteiger partial charge in [0.1, 0.15) is 0 Å². The van der Waals surface area contributed by atoms with Crippen LogP contribution in [0.3, 0.4) is 0 Å². The zero-order chi connectivity index (χ0) is 13.1. The Morgan fingerprint density at radius 2 is 1.95 bits per heavy atom. The van der Waals surface area contributed by atoms with Crippen molar-refractivity contribution in [2.45, 2.75) is 12.5 Å². The number of H-pyrrole nitrogens is 1. The lowest BCUT2D eigenvalue weighted by molar-refractivity contribution is 0.174. The quantitative estimate of drug-likeness (QED) is 0.841. The van der Waals surface area contributed by atoms with Gasteiger partial charge < -0.3 is 10.3 Å². The van der Waals surface area contributed by atoms with Gasteiger partial charge in [0.25, 0.3) is 0 Å². The van der Waals surface area contributed by atoms with Gasteiger partial charge in [-0.05, 0) is 29.5 Å². The first kappa shape index (κ1) is 18.1. The fourth-order valence-electron chi connectivity index (χ4n) is 2.92. The van der Waals surface area contributed by atoms with Crippen LogP contribution in [0, 0.1) is 0 Å². The van der Waals surface area contributed by atoms with Gasteiger partial charge in [-0.1, -0.05) is 18.2 Å². The van der Waals surface area contributed by atoms with Crippen molar-refractivity contribution in [2.75, 3.05) is 26.2 Å². The van der Waals surface area contributed by atoms with Crippen LogP contribution in [-0.4, -0.2) is 36.1 Å². The molecular formula is C16H23Cl2N3. The van der Waals surface area contributed by atoms with Crippen molar-refractivity contribution >= 4 is 35.7 Å². The minimum Gasteiger partial charge on any atom is -0.361 e. The summed E-state index contributed by atoms with van der Waals surface area (Å²) in [5.74, 6) is 0. The van der Waals surface area contributed by atoms with Gasteiger partial charge in [0.15, 0.2) is 0 Å². The van der Waals surface area contributed by atoms with Crippen molar-refractivity contribution in [1.29, 1.82) is 0 Å². The predicted octanol–water partition coefficient (Wildman–Crippen LogP) is 3.53.